The molecule has 0 saturated carbocycles. The summed E-state index contributed by atoms with van der Waals surface area (Å²) in [6.45, 7) is -5.34. The third-order valence-electron chi connectivity index (χ3n) is 1.86. The molecule has 0 aliphatic carbocycles. The summed E-state index contributed by atoms with van der Waals surface area (Å²) in [5.74, 6) is -0.438. The smallest absolute Gasteiger partial charge is 0.500 e. The maximum Gasteiger partial charge on any atom is 0.513 e. The molecule has 0 radical (unpaired) electrons. The summed E-state index contributed by atoms with van der Waals surface area (Å²) >= 11 is 0. The normalized spacial score (nSPS) is 11.9. The van der Waals surface area contributed by atoms with E-state index in [9.17, 15) is 21.7 Å². The first kappa shape index (κ1) is 11.8. The third-order valence-corrected chi connectivity index (χ3v) is 1.86. The molecule has 0 amide bonds. The van der Waals surface area contributed by atoms with E-state index in [1.807, 2.05) is 0 Å². The van der Waals surface area contributed by atoms with E-state index >= 15 is 0 Å². The maximum absolute atomic E-state index is 12.4. The lowest BCUT2D eigenvalue weighted by Gasteiger charge is -2.19. The molecule has 0 bridgehead atoms. The van der Waals surface area contributed by atoms with E-state index in [-0.39, 0.29) is 0 Å². The van der Waals surface area contributed by atoms with E-state index < -0.39 is 30.2 Å². The fourth-order valence-electron chi connectivity index (χ4n) is 1.14. The second kappa shape index (κ2) is 4.08. The Morgan fingerprint density at radius 1 is 1.20 bits per heavy atom. The molecule has 1 nitrogen and oxygen atoms in total. The van der Waals surface area contributed by atoms with Gasteiger partial charge in [0.05, 0.1) is 12.9 Å². The van der Waals surface area contributed by atoms with Gasteiger partial charge in [-0.25, -0.2) is 8.78 Å². The summed E-state index contributed by atoms with van der Waals surface area (Å²) in [4.78, 5) is 0. The first-order valence-corrected chi connectivity index (χ1v) is 4.02. The number of hydrogen-bond donors (Lipinski definition) is 0. The average Bonchev–Trinajstić information content (AvgIpc) is 2.15. The third kappa shape index (κ3) is 2.61. The summed E-state index contributed by atoms with van der Waals surface area (Å²) in [5.41, 5.74) is -1.79. The van der Waals surface area contributed by atoms with Crippen LogP contribution < -0.4 is 10.2 Å². The molecule has 0 fully saturated rings. The van der Waals surface area contributed by atoms with Gasteiger partial charge in [0.15, 0.2) is 0 Å². The van der Waals surface area contributed by atoms with Crippen molar-refractivity contribution in [1.29, 1.82) is 0 Å². The van der Waals surface area contributed by atoms with Crippen LogP contribution in [0.2, 0.25) is 0 Å². The molecule has 1 aromatic rings. The van der Waals surface area contributed by atoms with Gasteiger partial charge < -0.3 is 17.7 Å². The molecule has 84 valence electrons. The Balaban J connectivity index is 3.26. The fourth-order valence-corrected chi connectivity index (χ4v) is 1.14. The quantitative estimate of drug-likeness (QED) is 0.567. The second-order valence-electron chi connectivity index (χ2n) is 2.88. The van der Waals surface area contributed by atoms with Crippen LogP contribution in [-0.4, -0.2) is 14.1 Å². The van der Waals surface area contributed by atoms with E-state index in [1.54, 1.807) is 0 Å². The molecule has 0 spiro atoms. The van der Waals surface area contributed by atoms with Gasteiger partial charge in [0.25, 0.3) is 6.43 Å². The zero-order chi connectivity index (χ0) is 11.6. The molecule has 0 atom stereocenters. The highest BCUT2D eigenvalue weighted by atomic mass is 19.4. The molecule has 0 saturated heterocycles. The SMILES string of the molecule is COc1ccc(C(F)F)cc1[B-](F)(F)F. The zero-order valence-electron chi connectivity index (χ0n) is 7.68. The Morgan fingerprint density at radius 3 is 2.20 bits per heavy atom. The number of alkyl halides is 2. The van der Waals surface area contributed by atoms with Gasteiger partial charge in [-0.2, -0.15) is 0 Å². The Morgan fingerprint density at radius 2 is 1.80 bits per heavy atom. The van der Waals surface area contributed by atoms with Crippen LogP contribution in [0.5, 0.6) is 5.75 Å². The summed E-state index contributed by atoms with van der Waals surface area (Å²) in [5, 5.41) is 0. The summed E-state index contributed by atoms with van der Waals surface area (Å²) < 4.78 is 66.0. The van der Waals surface area contributed by atoms with Crippen LogP contribution in [-0.2, 0) is 0 Å². The minimum Gasteiger partial charge on any atom is -0.500 e. The number of benzene rings is 1. The molecule has 1 aromatic carbocycles. The van der Waals surface area contributed by atoms with Crippen LogP contribution >= 0.6 is 0 Å². The van der Waals surface area contributed by atoms with Gasteiger partial charge in [0, 0.05) is 5.56 Å². The Kier molecular flexibility index (Phi) is 3.21. The number of hydrogen-bond acceptors (Lipinski definition) is 1. The molecule has 0 aliphatic rings. The molecule has 0 aromatic heterocycles. The second-order valence-corrected chi connectivity index (χ2v) is 2.88. The molecule has 0 aliphatic heterocycles. The van der Waals surface area contributed by atoms with Gasteiger partial charge >= 0.3 is 6.98 Å². The maximum atomic E-state index is 12.4. The number of halogens is 5. The minimum atomic E-state index is -5.34. The first-order chi connectivity index (χ1) is 6.86. The fraction of sp³-hybridized carbons (Fsp3) is 0.250. The van der Waals surface area contributed by atoms with Crippen molar-refractivity contribution in [3.05, 3.63) is 23.8 Å². The van der Waals surface area contributed by atoms with Gasteiger partial charge in [-0.1, -0.05) is 11.5 Å². The van der Waals surface area contributed by atoms with Crippen molar-refractivity contribution in [2.75, 3.05) is 7.11 Å². The number of methoxy groups -OCH3 is 1. The van der Waals surface area contributed by atoms with Crippen LogP contribution in [0.4, 0.5) is 21.7 Å². The molecule has 7 heteroatoms. The predicted octanol–water partition coefficient (Wildman–Crippen LogP) is 2.69. The molecular weight excluding hydrogens is 218 g/mol. The topological polar surface area (TPSA) is 9.23 Å². The van der Waals surface area contributed by atoms with Crippen LogP contribution in [0.25, 0.3) is 0 Å². The highest BCUT2D eigenvalue weighted by molar-refractivity contribution is 6.74. The van der Waals surface area contributed by atoms with Gasteiger partial charge in [-0.05, 0) is 12.1 Å². The summed E-state index contributed by atoms with van der Waals surface area (Å²) in [6, 6.07) is 2.23. The highest BCUT2D eigenvalue weighted by Gasteiger charge is 2.30. The lowest BCUT2D eigenvalue weighted by molar-refractivity contribution is 0.151. The number of rotatable bonds is 3. The van der Waals surface area contributed by atoms with Crippen molar-refractivity contribution in [3.8, 4) is 5.75 Å². The molecule has 0 N–H and O–H groups in total. The van der Waals surface area contributed by atoms with Crippen LogP contribution in [0, 0.1) is 0 Å². The lowest BCUT2D eigenvalue weighted by Crippen LogP contribution is -2.35. The Labute approximate surface area is 82.9 Å². The molecule has 0 unspecified atom stereocenters. The van der Waals surface area contributed by atoms with E-state index in [1.165, 1.54) is 0 Å². The van der Waals surface area contributed by atoms with Gasteiger partial charge in [-0.3, -0.25) is 0 Å². The van der Waals surface area contributed by atoms with Crippen molar-refractivity contribution in [2.24, 2.45) is 0 Å². The monoisotopic (exact) mass is 225 g/mol. The Bertz CT molecular complexity index is 349. The van der Waals surface area contributed by atoms with Gasteiger partial charge in [0.1, 0.15) is 0 Å². The standard InChI is InChI=1S/C8H7BF5O/c1-15-7-3-2-5(8(10)11)4-6(7)9(12,13)14/h2-4,8H,1H3/q-1. The van der Waals surface area contributed by atoms with Crippen molar-refractivity contribution in [2.45, 2.75) is 6.43 Å². The lowest BCUT2D eigenvalue weighted by atomic mass is 9.78. The number of ether oxygens (including phenoxy) is 1. The van der Waals surface area contributed by atoms with E-state index in [2.05, 4.69) is 4.74 Å². The van der Waals surface area contributed by atoms with Gasteiger partial charge in [0.2, 0.25) is 0 Å². The molecular formula is C8H7BF5O-. The van der Waals surface area contributed by atoms with Crippen molar-refractivity contribution in [3.63, 3.8) is 0 Å². The van der Waals surface area contributed by atoms with Crippen molar-refractivity contribution in [1.82, 2.24) is 0 Å². The van der Waals surface area contributed by atoms with Gasteiger partial charge in [-0.15, -0.1) is 0 Å². The van der Waals surface area contributed by atoms with Crippen LogP contribution in [0.1, 0.15) is 12.0 Å². The van der Waals surface area contributed by atoms with E-state index in [0.29, 0.717) is 6.07 Å². The predicted molar refractivity (Wildman–Crippen MR) is 46.7 cm³/mol. The summed E-state index contributed by atoms with van der Waals surface area (Å²) in [6.07, 6.45) is -2.92. The van der Waals surface area contributed by atoms with Crippen molar-refractivity contribution >= 4 is 12.4 Å². The average molecular weight is 225 g/mol. The zero-order valence-corrected chi connectivity index (χ0v) is 7.68. The Hall–Kier alpha value is -1.27. The first-order valence-electron chi connectivity index (χ1n) is 4.02. The summed E-state index contributed by atoms with van der Waals surface area (Å²) in [7, 11) is 1.06. The van der Waals surface area contributed by atoms with Crippen LogP contribution in [0.3, 0.4) is 0 Å². The van der Waals surface area contributed by atoms with Crippen LogP contribution in [0.15, 0.2) is 18.2 Å². The largest absolute Gasteiger partial charge is 0.513 e. The van der Waals surface area contributed by atoms with E-state index in [0.717, 1.165) is 19.2 Å². The molecule has 0 heterocycles. The minimum absolute atomic E-state index is 0.420. The van der Waals surface area contributed by atoms with E-state index in [4.69, 9.17) is 0 Å². The van der Waals surface area contributed by atoms with Crippen molar-refractivity contribution < 1.29 is 26.5 Å². The highest BCUT2D eigenvalue weighted by Crippen LogP contribution is 2.24. The molecule has 1 rings (SSSR count). The molecule has 15 heavy (non-hydrogen) atoms.